The van der Waals surface area contributed by atoms with Gasteiger partial charge in [0.05, 0.1) is 0 Å². The lowest BCUT2D eigenvalue weighted by molar-refractivity contribution is 0.378. The Balaban J connectivity index is 2.24. The maximum atomic E-state index is 5.62. The Labute approximate surface area is 105 Å². The zero-order valence-corrected chi connectivity index (χ0v) is 10.7. The Morgan fingerprint density at radius 3 is 2.88 bits per heavy atom. The molecular weight excluding hydrogens is 238 g/mol. The fourth-order valence-electron chi connectivity index (χ4n) is 1.62. The number of nitrogens with zero attached hydrogens (tertiary/aromatic N) is 3. The average molecular weight is 252 g/mol. The van der Waals surface area contributed by atoms with Gasteiger partial charge >= 0.3 is 0 Å². The van der Waals surface area contributed by atoms with Crippen molar-refractivity contribution in [3.63, 3.8) is 0 Å². The third-order valence-corrected chi connectivity index (χ3v) is 2.69. The number of rotatable bonds is 4. The Bertz CT molecular complexity index is 510. The minimum absolute atomic E-state index is 0.548. The Morgan fingerprint density at radius 2 is 2.18 bits per heavy atom. The van der Waals surface area contributed by atoms with Gasteiger partial charge in [0.1, 0.15) is 5.69 Å². The van der Waals surface area contributed by atoms with Crippen LogP contribution >= 0.6 is 11.6 Å². The van der Waals surface area contributed by atoms with Crippen molar-refractivity contribution in [2.24, 2.45) is 0 Å². The van der Waals surface area contributed by atoms with Gasteiger partial charge < -0.3 is 4.52 Å². The number of aryl methyl sites for hydroxylation is 3. The van der Waals surface area contributed by atoms with Crippen LogP contribution in [0.15, 0.2) is 16.8 Å². The van der Waals surface area contributed by atoms with Crippen LogP contribution in [0.1, 0.15) is 23.4 Å². The van der Waals surface area contributed by atoms with E-state index in [9.17, 15) is 0 Å². The van der Waals surface area contributed by atoms with Crippen LogP contribution in [0.25, 0.3) is 11.5 Å². The van der Waals surface area contributed by atoms with Crippen LogP contribution in [0.2, 0.25) is 0 Å². The number of aromatic nitrogens is 3. The van der Waals surface area contributed by atoms with Crippen molar-refractivity contribution in [1.82, 2.24) is 15.1 Å². The SMILES string of the molecule is Cc1cnc(-c2noc(CCCCl)n2)c(C)c1. The highest BCUT2D eigenvalue weighted by Crippen LogP contribution is 2.18. The van der Waals surface area contributed by atoms with Crippen molar-refractivity contribution < 1.29 is 4.52 Å². The van der Waals surface area contributed by atoms with E-state index in [1.807, 2.05) is 13.8 Å². The first-order valence-corrected chi connectivity index (χ1v) is 6.06. The second-order valence-electron chi connectivity index (χ2n) is 3.98. The second-order valence-corrected chi connectivity index (χ2v) is 4.36. The molecule has 2 heterocycles. The molecule has 2 aromatic heterocycles. The molecule has 0 saturated carbocycles. The van der Waals surface area contributed by atoms with Gasteiger partial charge in [-0.25, -0.2) is 0 Å². The van der Waals surface area contributed by atoms with Gasteiger partial charge in [0, 0.05) is 18.5 Å². The van der Waals surface area contributed by atoms with Crippen molar-refractivity contribution in [2.75, 3.05) is 5.88 Å². The summed E-state index contributed by atoms with van der Waals surface area (Å²) >= 11 is 5.62. The van der Waals surface area contributed by atoms with Crippen molar-refractivity contribution in [1.29, 1.82) is 0 Å². The van der Waals surface area contributed by atoms with Gasteiger partial charge in [0.15, 0.2) is 0 Å². The molecule has 0 aliphatic heterocycles. The van der Waals surface area contributed by atoms with Crippen LogP contribution in [0.4, 0.5) is 0 Å². The van der Waals surface area contributed by atoms with Gasteiger partial charge in [-0.1, -0.05) is 11.2 Å². The summed E-state index contributed by atoms with van der Waals surface area (Å²) in [4.78, 5) is 8.64. The minimum Gasteiger partial charge on any atom is -0.339 e. The number of pyridine rings is 1. The number of hydrogen-bond acceptors (Lipinski definition) is 4. The van der Waals surface area contributed by atoms with E-state index in [-0.39, 0.29) is 0 Å². The lowest BCUT2D eigenvalue weighted by Crippen LogP contribution is -1.92. The van der Waals surface area contributed by atoms with Crippen molar-refractivity contribution in [3.8, 4) is 11.5 Å². The summed E-state index contributed by atoms with van der Waals surface area (Å²) in [6, 6.07) is 2.05. The molecule has 2 rings (SSSR count). The lowest BCUT2D eigenvalue weighted by Gasteiger charge is -2.00. The van der Waals surface area contributed by atoms with Crippen LogP contribution in [0, 0.1) is 13.8 Å². The van der Waals surface area contributed by atoms with E-state index in [4.69, 9.17) is 16.1 Å². The minimum atomic E-state index is 0.548. The molecule has 17 heavy (non-hydrogen) atoms. The molecule has 2 aromatic rings. The molecule has 0 saturated heterocycles. The molecule has 5 heteroatoms. The van der Waals surface area contributed by atoms with Gasteiger partial charge in [-0.3, -0.25) is 4.98 Å². The quantitative estimate of drug-likeness (QED) is 0.784. The molecule has 0 spiro atoms. The molecule has 0 radical (unpaired) electrons. The molecule has 0 unspecified atom stereocenters. The maximum Gasteiger partial charge on any atom is 0.227 e. The molecule has 0 aliphatic rings. The van der Waals surface area contributed by atoms with E-state index < -0.39 is 0 Å². The topological polar surface area (TPSA) is 51.8 Å². The molecule has 90 valence electrons. The van der Waals surface area contributed by atoms with Crippen LogP contribution in [-0.2, 0) is 6.42 Å². The molecule has 0 atom stereocenters. The predicted molar refractivity (Wildman–Crippen MR) is 66.0 cm³/mol. The monoisotopic (exact) mass is 251 g/mol. The zero-order chi connectivity index (χ0) is 12.3. The van der Waals surface area contributed by atoms with Gasteiger partial charge in [-0.05, 0) is 31.4 Å². The Hall–Kier alpha value is -1.42. The second kappa shape index (κ2) is 5.27. The van der Waals surface area contributed by atoms with E-state index >= 15 is 0 Å². The summed E-state index contributed by atoms with van der Waals surface area (Å²) < 4.78 is 5.15. The summed E-state index contributed by atoms with van der Waals surface area (Å²) in [5.74, 6) is 1.76. The van der Waals surface area contributed by atoms with E-state index in [1.165, 1.54) is 0 Å². The fourth-order valence-corrected chi connectivity index (χ4v) is 1.75. The standard InChI is InChI=1S/C12H14ClN3O/c1-8-6-9(2)11(14-7-8)12-15-10(17-16-12)4-3-5-13/h6-7H,3-5H2,1-2H3. The molecule has 0 amide bonds. The number of hydrogen-bond donors (Lipinski definition) is 0. The molecule has 0 bridgehead atoms. The Kier molecular flexibility index (Phi) is 3.74. The van der Waals surface area contributed by atoms with Crippen LogP contribution < -0.4 is 0 Å². The fraction of sp³-hybridized carbons (Fsp3) is 0.417. The lowest BCUT2D eigenvalue weighted by atomic mass is 10.1. The van der Waals surface area contributed by atoms with E-state index in [2.05, 4.69) is 21.2 Å². The first kappa shape index (κ1) is 12.0. The van der Waals surface area contributed by atoms with Crippen LogP contribution in [0.5, 0.6) is 0 Å². The molecule has 0 fully saturated rings. The first-order chi connectivity index (χ1) is 8.20. The van der Waals surface area contributed by atoms with E-state index in [0.717, 1.165) is 23.2 Å². The average Bonchev–Trinajstić information content (AvgIpc) is 2.75. The first-order valence-electron chi connectivity index (χ1n) is 5.53. The largest absolute Gasteiger partial charge is 0.339 e. The third-order valence-electron chi connectivity index (χ3n) is 2.42. The number of alkyl halides is 1. The van der Waals surface area contributed by atoms with Crippen molar-refractivity contribution in [2.45, 2.75) is 26.7 Å². The molecular formula is C12H14ClN3O. The third kappa shape index (κ3) is 2.82. The summed E-state index contributed by atoms with van der Waals surface area (Å²) in [7, 11) is 0. The molecule has 0 aliphatic carbocycles. The zero-order valence-electron chi connectivity index (χ0n) is 9.90. The highest BCUT2D eigenvalue weighted by molar-refractivity contribution is 6.17. The van der Waals surface area contributed by atoms with Crippen molar-refractivity contribution in [3.05, 3.63) is 29.3 Å². The molecule has 0 aromatic carbocycles. The van der Waals surface area contributed by atoms with Crippen molar-refractivity contribution >= 4 is 11.6 Å². The molecule has 0 N–H and O–H groups in total. The van der Waals surface area contributed by atoms with Gasteiger partial charge in [-0.15, -0.1) is 11.6 Å². The highest BCUT2D eigenvalue weighted by Gasteiger charge is 2.11. The van der Waals surface area contributed by atoms with Gasteiger partial charge in [0.25, 0.3) is 0 Å². The van der Waals surface area contributed by atoms with Gasteiger partial charge in [-0.2, -0.15) is 4.98 Å². The normalized spacial score (nSPS) is 10.8. The summed E-state index contributed by atoms with van der Waals surface area (Å²) in [6.07, 6.45) is 3.35. The predicted octanol–water partition coefficient (Wildman–Crippen LogP) is 2.92. The van der Waals surface area contributed by atoms with E-state index in [1.54, 1.807) is 6.20 Å². The van der Waals surface area contributed by atoms with E-state index in [0.29, 0.717) is 24.0 Å². The summed E-state index contributed by atoms with van der Waals surface area (Å²) in [6.45, 7) is 4.00. The summed E-state index contributed by atoms with van der Waals surface area (Å²) in [5, 5.41) is 3.94. The maximum absolute atomic E-state index is 5.62. The highest BCUT2D eigenvalue weighted by atomic mass is 35.5. The smallest absolute Gasteiger partial charge is 0.227 e. The molecule has 4 nitrogen and oxygen atoms in total. The van der Waals surface area contributed by atoms with Gasteiger partial charge in [0.2, 0.25) is 11.7 Å². The summed E-state index contributed by atoms with van der Waals surface area (Å²) in [5.41, 5.74) is 2.95. The van der Waals surface area contributed by atoms with Crippen LogP contribution in [-0.4, -0.2) is 21.0 Å². The van der Waals surface area contributed by atoms with Crippen LogP contribution in [0.3, 0.4) is 0 Å². The Morgan fingerprint density at radius 1 is 1.35 bits per heavy atom. The number of halogens is 1.